The first kappa shape index (κ1) is 10.5. The monoisotopic (exact) mass is 329 g/mol. The summed E-state index contributed by atoms with van der Waals surface area (Å²) >= 11 is 6.75. The topological polar surface area (TPSA) is 47.8 Å². The molecule has 0 aliphatic carbocycles. The van der Waals surface area contributed by atoms with Crippen LogP contribution in [0.5, 0.6) is 0 Å². The number of halogens is 2. The quantitative estimate of drug-likeness (QED) is 0.795. The highest BCUT2D eigenvalue weighted by molar-refractivity contribution is 9.11. The first-order valence-electron chi connectivity index (χ1n) is 4.03. The number of hydrogen-bond acceptors (Lipinski definition) is 3. The molecule has 0 fully saturated rings. The lowest BCUT2D eigenvalue weighted by atomic mass is 10.3. The van der Waals surface area contributed by atoms with Gasteiger partial charge in [0, 0.05) is 8.95 Å². The lowest BCUT2D eigenvalue weighted by Crippen LogP contribution is -2.02. The van der Waals surface area contributed by atoms with Crippen molar-refractivity contribution in [1.29, 1.82) is 0 Å². The summed E-state index contributed by atoms with van der Waals surface area (Å²) in [4.78, 5) is 14.5. The Balaban J connectivity index is 2.59. The molecule has 0 aliphatic rings. The van der Waals surface area contributed by atoms with E-state index in [4.69, 9.17) is 0 Å². The van der Waals surface area contributed by atoms with Crippen molar-refractivity contribution in [3.63, 3.8) is 0 Å². The lowest BCUT2D eigenvalue weighted by Gasteiger charge is -2.05. The molecule has 0 N–H and O–H groups in total. The van der Waals surface area contributed by atoms with Gasteiger partial charge in [-0.2, -0.15) is 5.10 Å². The molecule has 6 heteroatoms. The minimum Gasteiger partial charge on any atom is -0.294 e. The lowest BCUT2D eigenvalue weighted by molar-refractivity contribution is 0.111. The number of rotatable bonds is 2. The van der Waals surface area contributed by atoms with Crippen LogP contribution in [-0.2, 0) is 0 Å². The Morgan fingerprint density at radius 3 is 2.80 bits per heavy atom. The average molecular weight is 331 g/mol. The van der Waals surface area contributed by atoms with Crippen LogP contribution < -0.4 is 0 Å². The Bertz CT molecular complexity index is 510. The molecule has 0 amide bonds. The van der Waals surface area contributed by atoms with Gasteiger partial charge >= 0.3 is 0 Å². The van der Waals surface area contributed by atoms with Crippen LogP contribution in [0.2, 0.25) is 0 Å². The molecule has 0 unspecified atom stereocenters. The van der Waals surface area contributed by atoms with Gasteiger partial charge in [-0.1, -0.05) is 15.9 Å². The Morgan fingerprint density at radius 1 is 1.33 bits per heavy atom. The fourth-order valence-electron chi connectivity index (χ4n) is 1.17. The molecule has 76 valence electrons. The minimum atomic E-state index is 0.276. The van der Waals surface area contributed by atoms with Crippen molar-refractivity contribution in [2.75, 3.05) is 0 Å². The largest absolute Gasteiger partial charge is 0.294 e. The van der Waals surface area contributed by atoms with Gasteiger partial charge in [0.25, 0.3) is 0 Å². The van der Waals surface area contributed by atoms with Gasteiger partial charge in [0.15, 0.2) is 12.1 Å². The zero-order chi connectivity index (χ0) is 10.8. The molecule has 2 rings (SSSR count). The van der Waals surface area contributed by atoms with Crippen LogP contribution in [0.4, 0.5) is 0 Å². The van der Waals surface area contributed by atoms with E-state index in [0.29, 0.717) is 6.29 Å². The highest BCUT2D eigenvalue weighted by Crippen LogP contribution is 2.24. The standard InChI is InChI=1S/C9H5Br2N3O/c10-6-1-2-8(7(11)3-6)14-9(4-15)12-5-13-14/h1-5H. The van der Waals surface area contributed by atoms with Crippen LogP contribution in [-0.4, -0.2) is 21.1 Å². The molecule has 0 saturated carbocycles. The fourth-order valence-corrected chi connectivity index (χ4v) is 2.38. The summed E-state index contributed by atoms with van der Waals surface area (Å²) in [6.07, 6.45) is 2.01. The van der Waals surface area contributed by atoms with Crippen LogP contribution in [0, 0.1) is 0 Å². The summed E-state index contributed by atoms with van der Waals surface area (Å²) in [6, 6.07) is 5.60. The Labute approximate surface area is 103 Å². The minimum absolute atomic E-state index is 0.276. The third-order valence-corrected chi connectivity index (χ3v) is 2.95. The highest BCUT2D eigenvalue weighted by Gasteiger charge is 2.08. The number of carbonyl (C=O) groups is 1. The summed E-state index contributed by atoms with van der Waals surface area (Å²) in [5.41, 5.74) is 0.776. The maximum absolute atomic E-state index is 10.7. The van der Waals surface area contributed by atoms with E-state index < -0.39 is 0 Å². The number of hydrogen-bond donors (Lipinski definition) is 0. The smallest absolute Gasteiger partial charge is 0.196 e. The second-order valence-electron chi connectivity index (χ2n) is 2.74. The molecule has 15 heavy (non-hydrogen) atoms. The molecule has 4 nitrogen and oxygen atoms in total. The SMILES string of the molecule is O=Cc1ncnn1-c1ccc(Br)cc1Br. The van der Waals surface area contributed by atoms with E-state index in [1.165, 1.54) is 11.0 Å². The summed E-state index contributed by atoms with van der Waals surface area (Å²) in [5, 5.41) is 3.98. The fraction of sp³-hybridized carbons (Fsp3) is 0. The van der Waals surface area contributed by atoms with Crippen LogP contribution in [0.15, 0.2) is 33.5 Å². The van der Waals surface area contributed by atoms with Crippen molar-refractivity contribution in [2.45, 2.75) is 0 Å². The third-order valence-electron chi connectivity index (χ3n) is 1.82. The van der Waals surface area contributed by atoms with E-state index in [9.17, 15) is 4.79 Å². The third kappa shape index (κ3) is 2.00. The van der Waals surface area contributed by atoms with Crippen LogP contribution in [0.3, 0.4) is 0 Å². The number of aromatic nitrogens is 3. The van der Waals surface area contributed by atoms with E-state index in [1.54, 1.807) is 0 Å². The van der Waals surface area contributed by atoms with Gasteiger partial charge in [0.2, 0.25) is 0 Å². The molecule has 2 aromatic rings. The maximum atomic E-state index is 10.7. The first-order valence-corrected chi connectivity index (χ1v) is 5.61. The molecule has 1 aromatic carbocycles. The normalized spacial score (nSPS) is 10.3. The molecular formula is C9H5Br2N3O. The van der Waals surface area contributed by atoms with Gasteiger partial charge in [0.1, 0.15) is 6.33 Å². The van der Waals surface area contributed by atoms with Gasteiger partial charge < -0.3 is 0 Å². The van der Waals surface area contributed by atoms with E-state index in [0.717, 1.165) is 14.6 Å². The summed E-state index contributed by atoms with van der Waals surface area (Å²) < 4.78 is 3.26. The van der Waals surface area contributed by atoms with Gasteiger partial charge in [0.05, 0.1) is 5.69 Å². The van der Waals surface area contributed by atoms with Crippen LogP contribution >= 0.6 is 31.9 Å². The van der Waals surface area contributed by atoms with Crippen molar-refractivity contribution in [3.8, 4) is 5.69 Å². The Hall–Kier alpha value is -1.01. The number of carbonyl (C=O) groups excluding carboxylic acids is 1. The first-order chi connectivity index (χ1) is 7.22. The van der Waals surface area contributed by atoms with Gasteiger partial charge in [-0.15, -0.1) is 0 Å². The van der Waals surface area contributed by atoms with Gasteiger partial charge in [-0.25, -0.2) is 9.67 Å². The van der Waals surface area contributed by atoms with Crippen molar-refractivity contribution in [1.82, 2.24) is 14.8 Å². The molecule has 1 aromatic heterocycles. The van der Waals surface area contributed by atoms with Gasteiger partial charge in [-0.3, -0.25) is 4.79 Å². The molecule has 0 saturated heterocycles. The molecule has 0 spiro atoms. The second-order valence-corrected chi connectivity index (χ2v) is 4.51. The van der Waals surface area contributed by atoms with Crippen molar-refractivity contribution >= 4 is 38.1 Å². The molecule has 0 atom stereocenters. The second kappa shape index (κ2) is 4.24. The molecular weight excluding hydrogens is 326 g/mol. The molecule has 0 aliphatic heterocycles. The predicted octanol–water partition coefficient (Wildman–Crippen LogP) is 2.60. The summed E-state index contributed by atoms with van der Waals surface area (Å²) in [5.74, 6) is 0.276. The molecule has 1 heterocycles. The Morgan fingerprint density at radius 2 is 2.13 bits per heavy atom. The zero-order valence-corrected chi connectivity index (χ0v) is 10.6. The van der Waals surface area contributed by atoms with E-state index in [1.807, 2.05) is 18.2 Å². The Kier molecular flexibility index (Phi) is 2.97. The van der Waals surface area contributed by atoms with E-state index in [-0.39, 0.29) is 5.82 Å². The van der Waals surface area contributed by atoms with Crippen molar-refractivity contribution < 1.29 is 4.79 Å². The predicted molar refractivity (Wildman–Crippen MR) is 62.1 cm³/mol. The number of nitrogens with zero attached hydrogens (tertiary/aromatic N) is 3. The van der Waals surface area contributed by atoms with Crippen LogP contribution in [0.25, 0.3) is 5.69 Å². The number of benzene rings is 1. The summed E-state index contributed by atoms with van der Waals surface area (Å²) in [6.45, 7) is 0. The van der Waals surface area contributed by atoms with Crippen molar-refractivity contribution in [2.24, 2.45) is 0 Å². The van der Waals surface area contributed by atoms with Crippen LogP contribution in [0.1, 0.15) is 10.6 Å². The molecule has 0 bridgehead atoms. The number of aldehydes is 1. The van der Waals surface area contributed by atoms with Gasteiger partial charge in [-0.05, 0) is 34.1 Å². The zero-order valence-electron chi connectivity index (χ0n) is 7.39. The molecule has 0 radical (unpaired) electrons. The maximum Gasteiger partial charge on any atom is 0.196 e. The van der Waals surface area contributed by atoms with Crippen molar-refractivity contribution in [3.05, 3.63) is 39.3 Å². The van der Waals surface area contributed by atoms with E-state index >= 15 is 0 Å². The average Bonchev–Trinajstić information content (AvgIpc) is 2.65. The summed E-state index contributed by atoms with van der Waals surface area (Å²) in [7, 11) is 0. The highest BCUT2D eigenvalue weighted by atomic mass is 79.9. The van der Waals surface area contributed by atoms with E-state index in [2.05, 4.69) is 41.9 Å².